The van der Waals surface area contributed by atoms with E-state index >= 15 is 0 Å². The average molecular weight is 368 g/mol. The highest BCUT2D eigenvalue weighted by Crippen LogP contribution is 2.14. The van der Waals surface area contributed by atoms with E-state index in [0.717, 1.165) is 17.5 Å². The van der Waals surface area contributed by atoms with E-state index in [-0.39, 0.29) is 24.1 Å². The molecule has 0 radical (unpaired) electrons. The van der Waals surface area contributed by atoms with Gasteiger partial charge in [0.1, 0.15) is 5.82 Å². The van der Waals surface area contributed by atoms with Crippen LogP contribution in [0.3, 0.4) is 0 Å². The normalized spacial score (nSPS) is 14.8. The summed E-state index contributed by atoms with van der Waals surface area (Å²) in [6.45, 7) is 6.37. The van der Waals surface area contributed by atoms with Gasteiger partial charge >= 0.3 is 0 Å². The minimum atomic E-state index is -0.304. The van der Waals surface area contributed by atoms with E-state index in [1.54, 1.807) is 17.0 Å². The van der Waals surface area contributed by atoms with Gasteiger partial charge in [-0.3, -0.25) is 9.59 Å². The molecule has 1 fully saturated rings. The Kier molecular flexibility index (Phi) is 5.89. The van der Waals surface area contributed by atoms with Gasteiger partial charge in [-0.1, -0.05) is 18.2 Å². The molecule has 0 bridgehead atoms. The molecule has 0 N–H and O–H groups in total. The van der Waals surface area contributed by atoms with E-state index in [2.05, 4.69) is 0 Å². The third-order valence-electron chi connectivity index (χ3n) is 5.16. The quantitative estimate of drug-likeness (QED) is 0.834. The molecule has 0 aliphatic carbocycles. The highest BCUT2D eigenvalue weighted by Gasteiger charge is 2.23. The predicted octanol–water partition coefficient (Wildman–Crippen LogP) is 3.36. The maximum Gasteiger partial charge on any atom is 0.253 e. The standard InChI is InChI=1S/C22H25FN2O2/c1-16-4-7-19(14-17(16)2)22(27)25-11-3-10-24(12-13-25)21(26)15-18-5-8-20(23)9-6-18/h4-9,14H,3,10-13,15H2,1-2H3. The molecule has 0 aromatic heterocycles. The summed E-state index contributed by atoms with van der Waals surface area (Å²) in [5.41, 5.74) is 3.77. The predicted molar refractivity (Wildman–Crippen MR) is 103 cm³/mol. The van der Waals surface area contributed by atoms with Gasteiger partial charge < -0.3 is 9.80 Å². The summed E-state index contributed by atoms with van der Waals surface area (Å²) >= 11 is 0. The summed E-state index contributed by atoms with van der Waals surface area (Å²) < 4.78 is 13.0. The molecule has 0 saturated carbocycles. The number of nitrogens with zero attached hydrogens (tertiary/aromatic N) is 2. The molecule has 2 aromatic rings. The van der Waals surface area contributed by atoms with Gasteiger partial charge in [0, 0.05) is 31.7 Å². The monoisotopic (exact) mass is 368 g/mol. The molecule has 1 aliphatic heterocycles. The summed E-state index contributed by atoms with van der Waals surface area (Å²) in [5.74, 6) is -0.269. The lowest BCUT2D eigenvalue weighted by molar-refractivity contribution is -0.130. The van der Waals surface area contributed by atoms with E-state index in [0.29, 0.717) is 31.7 Å². The number of hydrogen-bond donors (Lipinski definition) is 0. The van der Waals surface area contributed by atoms with Gasteiger partial charge in [0.05, 0.1) is 6.42 Å². The highest BCUT2D eigenvalue weighted by atomic mass is 19.1. The Hall–Kier alpha value is -2.69. The first kappa shape index (κ1) is 19.1. The smallest absolute Gasteiger partial charge is 0.253 e. The largest absolute Gasteiger partial charge is 0.341 e. The Morgan fingerprint density at radius 2 is 1.56 bits per heavy atom. The topological polar surface area (TPSA) is 40.6 Å². The minimum absolute atomic E-state index is 0.0158. The zero-order valence-electron chi connectivity index (χ0n) is 15.9. The van der Waals surface area contributed by atoms with Gasteiger partial charge in [-0.15, -0.1) is 0 Å². The molecule has 0 atom stereocenters. The van der Waals surface area contributed by atoms with E-state index in [1.807, 2.05) is 36.9 Å². The second-order valence-corrected chi connectivity index (χ2v) is 7.13. The van der Waals surface area contributed by atoms with Crippen molar-refractivity contribution in [3.63, 3.8) is 0 Å². The van der Waals surface area contributed by atoms with Crippen molar-refractivity contribution in [1.29, 1.82) is 0 Å². The number of rotatable bonds is 3. The molecule has 27 heavy (non-hydrogen) atoms. The van der Waals surface area contributed by atoms with Gasteiger partial charge in [0.25, 0.3) is 5.91 Å². The summed E-state index contributed by atoms with van der Waals surface area (Å²) in [4.78, 5) is 29.0. The van der Waals surface area contributed by atoms with Crippen LogP contribution in [0.2, 0.25) is 0 Å². The highest BCUT2D eigenvalue weighted by molar-refractivity contribution is 5.94. The van der Waals surface area contributed by atoms with Gasteiger partial charge in [-0.2, -0.15) is 0 Å². The lowest BCUT2D eigenvalue weighted by Crippen LogP contribution is -2.38. The molecule has 5 heteroatoms. The van der Waals surface area contributed by atoms with Crippen LogP contribution in [-0.4, -0.2) is 47.8 Å². The number of benzene rings is 2. The van der Waals surface area contributed by atoms with E-state index < -0.39 is 0 Å². The molecule has 4 nitrogen and oxygen atoms in total. The summed E-state index contributed by atoms with van der Waals surface area (Å²) in [7, 11) is 0. The average Bonchev–Trinajstić information content (AvgIpc) is 2.91. The Morgan fingerprint density at radius 1 is 0.889 bits per heavy atom. The zero-order chi connectivity index (χ0) is 19.4. The van der Waals surface area contributed by atoms with Crippen LogP contribution in [0.4, 0.5) is 4.39 Å². The van der Waals surface area contributed by atoms with Crippen LogP contribution in [0.1, 0.15) is 33.5 Å². The van der Waals surface area contributed by atoms with E-state index in [1.165, 1.54) is 17.7 Å². The van der Waals surface area contributed by atoms with Crippen molar-refractivity contribution in [2.45, 2.75) is 26.7 Å². The first-order chi connectivity index (χ1) is 12.9. The SMILES string of the molecule is Cc1ccc(C(=O)N2CCCN(C(=O)Cc3ccc(F)cc3)CC2)cc1C. The van der Waals surface area contributed by atoms with Crippen molar-refractivity contribution < 1.29 is 14.0 Å². The summed E-state index contributed by atoms with van der Waals surface area (Å²) in [6, 6.07) is 11.8. The summed E-state index contributed by atoms with van der Waals surface area (Å²) in [6.07, 6.45) is 1.01. The first-order valence-corrected chi connectivity index (χ1v) is 9.33. The molecule has 142 valence electrons. The Labute approximate surface area is 159 Å². The van der Waals surface area contributed by atoms with Crippen molar-refractivity contribution in [2.75, 3.05) is 26.2 Å². The third-order valence-corrected chi connectivity index (χ3v) is 5.16. The van der Waals surface area contributed by atoms with E-state index in [9.17, 15) is 14.0 Å². The van der Waals surface area contributed by atoms with E-state index in [4.69, 9.17) is 0 Å². The van der Waals surface area contributed by atoms with Crippen molar-refractivity contribution >= 4 is 11.8 Å². The van der Waals surface area contributed by atoms with Crippen LogP contribution in [0.15, 0.2) is 42.5 Å². The molecule has 1 aliphatic rings. The maximum absolute atomic E-state index is 13.0. The van der Waals surface area contributed by atoms with Crippen LogP contribution in [-0.2, 0) is 11.2 Å². The fourth-order valence-corrected chi connectivity index (χ4v) is 3.32. The lowest BCUT2D eigenvalue weighted by Gasteiger charge is -2.22. The van der Waals surface area contributed by atoms with Gasteiger partial charge in [-0.25, -0.2) is 4.39 Å². The molecule has 3 rings (SSSR count). The lowest BCUT2D eigenvalue weighted by atomic mass is 10.1. The maximum atomic E-state index is 13.0. The van der Waals surface area contributed by atoms with Gasteiger partial charge in [0.15, 0.2) is 0 Å². The Bertz CT molecular complexity index is 833. The first-order valence-electron chi connectivity index (χ1n) is 9.33. The molecule has 0 spiro atoms. The second-order valence-electron chi connectivity index (χ2n) is 7.13. The number of aryl methyl sites for hydroxylation is 2. The molecule has 1 saturated heterocycles. The molecule has 2 aromatic carbocycles. The zero-order valence-corrected chi connectivity index (χ0v) is 15.9. The molecule has 1 heterocycles. The number of hydrogen-bond acceptors (Lipinski definition) is 2. The molecule has 0 unspecified atom stereocenters. The minimum Gasteiger partial charge on any atom is -0.341 e. The Morgan fingerprint density at radius 3 is 2.26 bits per heavy atom. The van der Waals surface area contributed by atoms with Crippen molar-refractivity contribution in [3.05, 3.63) is 70.5 Å². The van der Waals surface area contributed by atoms with Crippen LogP contribution in [0, 0.1) is 19.7 Å². The summed E-state index contributed by atoms with van der Waals surface area (Å²) in [5, 5.41) is 0. The van der Waals surface area contributed by atoms with Crippen molar-refractivity contribution in [1.82, 2.24) is 9.80 Å². The molecule has 2 amide bonds. The van der Waals surface area contributed by atoms with Crippen molar-refractivity contribution in [2.24, 2.45) is 0 Å². The fraction of sp³-hybridized carbons (Fsp3) is 0.364. The number of amides is 2. The molecular formula is C22H25FN2O2. The Balaban J connectivity index is 1.60. The van der Waals surface area contributed by atoms with Crippen molar-refractivity contribution in [3.8, 4) is 0 Å². The fourth-order valence-electron chi connectivity index (χ4n) is 3.32. The van der Waals surface area contributed by atoms with Gasteiger partial charge in [0.2, 0.25) is 5.91 Å². The molecular weight excluding hydrogens is 343 g/mol. The third kappa shape index (κ3) is 4.73. The number of carbonyl (C=O) groups excluding carboxylic acids is 2. The van der Waals surface area contributed by atoms with Crippen LogP contribution in [0.5, 0.6) is 0 Å². The van der Waals surface area contributed by atoms with Crippen LogP contribution >= 0.6 is 0 Å². The number of carbonyl (C=O) groups is 2. The second kappa shape index (κ2) is 8.33. The van der Waals surface area contributed by atoms with Crippen LogP contribution in [0.25, 0.3) is 0 Å². The number of halogens is 1. The van der Waals surface area contributed by atoms with Gasteiger partial charge in [-0.05, 0) is 61.2 Å². The van der Waals surface area contributed by atoms with Crippen LogP contribution < -0.4 is 0 Å².